The standard InChI is InChI=1S/C34H40N6O4/c1-23(19-31(41)39-11-15-43-16-12-39)33-35-21-29(37-33)27-7-3-25(4-8-27)26-5-9-28(10-6-26)30-22-36-34(38-30)24(2)20-32(42)40-13-17-44-18-14-40/h3-10,21-24H,11-20H2,1-2H3,(H,35,37)(H,36,38)/t23-,24-/m1/s1. The van der Waals surface area contributed by atoms with Crippen LogP contribution in [0.5, 0.6) is 0 Å². The minimum absolute atomic E-state index is 0.00336. The molecule has 2 atom stereocenters. The third kappa shape index (κ3) is 6.92. The summed E-state index contributed by atoms with van der Waals surface area (Å²) in [6.07, 6.45) is 4.53. The number of benzene rings is 2. The van der Waals surface area contributed by atoms with Gasteiger partial charge in [-0.2, -0.15) is 0 Å². The maximum Gasteiger partial charge on any atom is 0.223 e. The quantitative estimate of drug-likeness (QED) is 0.286. The zero-order valence-electron chi connectivity index (χ0n) is 25.4. The fourth-order valence-electron chi connectivity index (χ4n) is 5.75. The molecule has 230 valence electrons. The van der Waals surface area contributed by atoms with Crippen LogP contribution in [0.25, 0.3) is 33.6 Å². The largest absolute Gasteiger partial charge is 0.378 e. The second-order valence-electron chi connectivity index (χ2n) is 11.7. The van der Waals surface area contributed by atoms with Gasteiger partial charge in [0.05, 0.1) is 50.2 Å². The van der Waals surface area contributed by atoms with Crippen molar-refractivity contribution in [1.82, 2.24) is 29.7 Å². The first kappa shape index (κ1) is 29.8. The van der Waals surface area contributed by atoms with E-state index in [2.05, 4.69) is 68.5 Å². The molecule has 2 aromatic carbocycles. The van der Waals surface area contributed by atoms with Crippen molar-refractivity contribution < 1.29 is 19.1 Å². The van der Waals surface area contributed by atoms with Crippen molar-refractivity contribution in [3.8, 4) is 33.6 Å². The first-order chi connectivity index (χ1) is 21.4. The van der Waals surface area contributed by atoms with Crippen LogP contribution >= 0.6 is 0 Å². The van der Waals surface area contributed by atoms with Crippen molar-refractivity contribution in [2.24, 2.45) is 0 Å². The zero-order valence-corrected chi connectivity index (χ0v) is 25.4. The maximum atomic E-state index is 12.7. The Morgan fingerprint density at radius 1 is 0.636 bits per heavy atom. The van der Waals surface area contributed by atoms with E-state index in [1.165, 1.54) is 0 Å². The lowest BCUT2D eigenvalue weighted by Crippen LogP contribution is -2.41. The number of carbonyl (C=O) groups excluding carboxylic acids is 2. The molecule has 2 N–H and O–H groups in total. The average Bonchev–Trinajstić information content (AvgIpc) is 3.77. The van der Waals surface area contributed by atoms with Crippen molar-refractivity contribution >= 4 is 11.8 Å². The van der Waals surface area contributed by atoms with Crippen LogP contribution in [0.4, 0.5) is 0 Å². The van der Waals surface area contributed by atoms with Crippen LogP contribution in [0.15, 0.2) is 60.9 Å². The number of morpholine rings is 2. The van der Waals surface area contributed by atoms with E-state index in [4.69, 9.17) is 9.47 Å². The maximum absolute atomic E-state index is 12.7. The Labute approximate surface area is 257 Å². The molecule has 2 aliphatic rings. The predicted octanol–water partition coefficient (Wildman–Crippen LogP) is 4.84. The molecule has 0 aliphatic carbocycles. The van der Waals surface area contributed by atoms with Crippen LogP contribution < -0.4 is 0 Å². The van der Waals surface area contributed by atoms with Crippen LogP contribution in [0.3, 0.4) is 0 Å². The molecule has 2 fully saturated rings. The number of aromatic nitrogens is 4. The summed E-state index contributed by atoms with van der Waals surface area (Å²) in [5.74, 6) is 1.94. The average molecular weight is 597 g/mol. The highest BCUT2D eigenvalue weighted by molar-refractivity contribution is 5.78. The van der Waals surface area contributed by atoms with Gasteiger partial charge in [0, 0.05) is 50.9 Å². The first-order valence-corrected chi connectivity index (χ1v) is 15.5. The van der Waals surface area contributed by atoms with Crippen LogP contribution in [-0.4, -0.2) is 94.2 Å². The van der Waals surface area contributed by atoms with E-state index in [1.807, 2.05) is 36.0 Å². The van der Waals surface area contributed by atoms with Crippen molar-refractivity contribution in [1.29, 1.82) is 0 Å². The number of imidazole rings is 2. The lowest BCUT2D eigenvalue weighted by Gasteiger charge is -2.27. The van der Waals surface area contributed by atoms with Crippen molar-refractivity contribution in [2.75, 3.05) is 52.6 Å². The summed E-state index contributed by atoms with van der Waals surface area (Å²) >= 11 is 0. The Morgan fingerprint density at radius 2 is 0.977 bits per heavy atom. The SMILES string of the molecule is C[C@H](CC(=O)N1CCOCC1)c1ncc(-c2ccc(-c3ccc(-c4cnc([C@H](C)CC(=O)N5CCOCC5)[nH]4)cc3)cc2)[nH]1. The molecule has 2 aliphatic heterocycles. The highest BCUT2D eigenvalue weighted by atomic mass is 16.5. The van der Waals surface area contributed by atoms with Crippen molar-refractivity contribution in [2.45, 2.75) is 38.5 Å². The van der Waals surface area contributed by atoms with Crippen LogP contribution in [0, 0.1) is 0 Å². The van der Waals surface area contributed by atoms with Crippen molar-refractivity contribution in [3.05, 3.63) is 72.6 Å². The minimum atomic E-state index is 0.00336. The van der Waals surface area contributed by atoms with Gasteiger partial charge in [-0.15, -0.1) is 0 Å². The Morgan fingerprint density at radius 3 is 1.34 bits per heavy atom. The molecule has 0 bridgehead atoms. The second-order valence-corrected chi connectivity index (χ2v) is 11.7. The number of hydrogen-bond acceptors (Lipinski definition) is 6. The van der Waals surface area contributed by atoms with Crippen LogP contribution in [0.1, 0.15) is 50.2 Å². The van der Waals surface area contributed by atoms with Gasteiger partial charge in [-0.3, -0.25) is 9.59 Å². The van der Waals surface area contributed by atoms with E-state index in [9.17, 15) is 9.59 Å². The summed E-state index contributed by atoms with van der Waals surface area (Å²) in [4.78, 5) is 45.0. The number of H-pyrrole nitrogens is 2. The van der Waals surface area contributed by atoms with E-state index < -0.39 is 0 Å². The van der Waals surface area contributed by atoms with E-state index in [0.717, 1.165) is 45.3 Å². The molecule has 4 heterocycles. The number of rotatable bonds is 9. The molecule has 10 nitrogen and oxygen atoms in total. The van der Waals surface area contributed by atoms with E-state index >= 15 is 0 Å². The number of carbonyl (C=O) groups is 2. The minimum Gasteiger partial charge on any atom is -0.378 e. The fourth-order valence-corrected chi connectivity index (χ4v) is 5.75. The highest BCUT2D eigenvalue weighted by Gasteiger charge is 2.23. The van der Waals surface area contributed by atoms with Crippen LogP contribution in [0.2, 0.25) is 0 Å². The molecule has 44 heavy (non-hydrogen) atoms. The van der Waals surface area contributed by atoms with E-state index in [1.54, 1.807) is 0 Å². The van der Waals surface area contributed by atoms with Gasteiger partial charge in [-0.1, -0.05) is 62.4 Å². The second kappa shape index (κ2) is 13.6. The number of ether oxygens (including phenoxy) is 2. The van der Waals surface area contributed by atoms with Crippen LogP contribution in [-0.2, 0) is 19.1 Å². The predicted molar refractivity (Wildman–Crippen MR) is 168 cm³/mol. The third-order valence-electron chi connectivity index (χ3n) is 8.54. The van der Waals surface area contributed by atoms with Gasteiger partial charge in [-0.25, -0.2) is 9.97 Å². The van der Waals surface area contributed by atoms with E-state index in [0.29, 0.717) is 65.4 Å². The van der Waals surface area contributed by atoms with Crippen molar-refractivity contribution in [3.63, 3.8) is 0 Å². The third-order valence-corrected chi connectivity index (χ3v) is 8.54. The summed E-state index contributed by atoms with van der Waals surface area (Å²) in [6, 6.07) is 16.8. The molecule has 6 rings (SSSR count). The monoisotopic (exact) mass is 596 g/mol. The lowest BCUT2D eigenvalue weighted by molar-refractivity contribution is -0.136. The molecule has 10 heteroatoms. The summed E-state index contributed by atoms with van der Waals surface area (Å²) in [5, 5.41) is 0. The molecule has 2 amide bonds. The Hall–Kier alpha value is -4.28. The Kier molecular flexibility index (Phi) is 9.18. The summed E-state index contributed by atoms with van der Waals surface area (Å²) < 4.78 is 10.7. The van der Waals surface area contributed by atoms with Gasteiger partial charge >= 0.3 is 0 Å². The Bertz CT molecular complexity index is 1430. The molecule has 2 aromatic heterocycles. The number of nitrogens with zero attached hydrogens (tertiary/aromatic N) is 4. The van der Waals surface area contributed by atoms with Gasteiger partial charge in [0.25, 0.3) is 0 Å². The summed E-state index contributed by atoms with van der Waals surface area (Å²) in [7, 11) is 0. The van der Waals surface area contributed by atoms with Gasteiger partial charge in [0.1, 0.15) is 11.6 Å². The first-order valence-electron chi connectivity index (χ1n) is 15.5. The number of amides is 2. The topological polar surface area (TPSA) is 116 Å². The number of nitrogens with one attached hydrogen (secondary N) is 2. The normalized spacial score (nSPS) is 17.0. The van der Waals surface area contributed by atoms with Gasteiger partial charge in [0.15, 0.2) is 0 Å². The Balaban J connectivity index is 1.05. The molecule has 0 unspecified atom stereocenters. The summed E-state index contributed by atoms with van der Waals surface area (Å²) in [5.41, 5.74) is 6.19. The number of aromatic amines is 2. The molecule has 0 spiro atoms. The lowest BCUT2D eigenvalue weighted by atomic mass is 10.0. The van der Waals surface area contributed by atoms with E-state index in [-0.39, 0.29) is 23.7 Å². The molecule has 0 saturated carbocycles. The molecule has 2 saturated heterocycles. The molecule has 0 radical (unpaired) electrons. The molecular formula is C34H40N6O4. The smallest absolute Gasteiger partial charge is 0.223 e. The fraction of sp³-hybridized carbons (Fsp3) is 0.412. The highest BCUT2D eigenvalue weighted by Crippen LogP contribution is 2.29. The molecular weight excluding hydrogens is 556 g/mol. The van der Waals surface area contributed by atoms with Gasteiger partial charge in [0.2, 0.25) is 11.8 Å². The molecule has 4 aromatic rings. The van der Waals surface area contributed by atoms with Gasteiger partial charge in [-0.05, 0) is 22.3 Å². The summed E-state index contributed by atoms with van der Waals surface area (Å²) in [6.45, 7) is 9.13. The zero-order chi connectivity index (χ0) is 30.5. The number of hydrogen-bond donors (Lipinski definition) is 2. The van der Waals surface area contributed by atoms with Gasteiger partial charge < -0.3 is 29.2 Å².